The van der Waals surface area contributed by atoms with E-state index < -0.39 is 0 Å². The molecule has 18 heavy (non-hydrogen) atoms. The predicted molar refractivity (Wildman–Crippen MR) is 71.1 cm³/mol. The molecular weight excluding hydrogens is 244 g/mol. The topological polar surface area (TPSA) is 25.2 Å². The van der Waals surface area contributed by atoms with Gasteiger partial charge < -0.3 is 9.47 Å². The van der Waals surface area contributed by atoms with Gasteiger partial charge in [-0.3, -0.25) is 4.79 Å². The van der Waals surface area contributed by atoms with Crippen LogP contribution in [0.1, 0.15) is 16.1 Å². The highest BCUT2D eigenvalue weighted by atomic mass is 32.1. The van der Waals surface area contributed by atoms with Gasteiger partial charge in [-0.25, -0.2) is 0 Å². The molecule has 4 rings (SSSR count). The number of likely N-dealkylation sites (tertiary alicyclic amines) is 1. The monoisotopic (exact) mass is 258 g/mol. The minimum absolute atomic E-state index is 0.209. The van der Waals surface area contributed by atoms with E-state index in [0.717, 1.165) is 35.5 Å². The van der Waals surface area contributed by atoms with Gasteiger partial charge in [0.1, 0.15) is 4.88 Å². The van der Waals surface area contributed by atoms with Crippen molar-refractivity contribution in [3.05, 3.63) is 40.8 Å². The number of carbonyl (C=O) groups is 1. The molecule has 3 heterocycles. The van der Waals surface area contributed by atoms with Crippen molar-refractivity contribution < 1.29 is 4.79 Å². The van der Waals surface area contributed by atoms with E-state index in [1.807, 2.05) is 45.4 Å². The Labute approximate surface area is 110 Å². The lowest BCUT2D eigenvalue weighted by molar-refractivity contribution is 0.0780. The maximum atomic E-state index is 12.5. The lowest BCUT2D eigenvalue weighted by Crippen LogP contribution is -2.30. The van der Waals surface area contributed by atoms with Gasteiger partial charge in [-0.05, 0) is 41.8 Å². The van der Waals surface area contributed by atoms with Crippen LogP contribution in [0.4, 0.5) is 0 Å². The average molecular weight is 258 g/mol. The predicted octanol–water partition coefficient (Wildman–Crippen LogP) is 2.63. The molecule has 0 radical (unpaired) electrons. The fraction of sp³-hybridized carbons (Fsp3) is 0.357. The second-order valence-electron chi connectivity index (χ2n) is 5.19. The normalized spacial score (nSPS) is 25.2. The highest BCUT2D eigenvalue weighted by Gasteiger charge is 2.47. The Morgan fingerprint density at radius 1 is 1.22 bits per heavy atom. The van der Waals surface area contributed by atoms with Gasteiger partial charge in [0, 0.05) is 25.5 Å². The van der Waals surface area contributed by atoms with Crippen LogP contribution in [0.15, 0.2) is 36.0 Å². The van der Waals surface area contributed by atoms with Gasteiger partial charge in [0.2, 0.25) is 0 Å². The number of piperidine rings is 1. The molecule has 1 aliphatic carbocycles. The molecule has 0 N–H and O–H groups in total. The summed E-state index contributed by atoms with van der Waals surface area (Å²) in [6, 6.07) is 5.99. The number of carbonyl (C=O) groups excluding carboxylic acids is 1. The second kappa shape index (κ2) is 3.72. The van der Waals surface area contributed by atoms with Crippen LogP contribution < -0.4 is 0 Å². The van der Waals surface area contributed by atoms with Crippen LogP contribution in [-0.2, 0) is 0 Å². The molecule has 0 aromatic carbocycles. The maximum absolute atomic E-state index is 12.5. The third-order valence-electron chi connectivity index (χ3n) is 3.99. The molecule has 1 saturated carbocycles. The van der Waals surface area contributed by atoms with Crippen molar-refractivity contribution in [2.45, 2.75) is 6.42 Å². The molecule has 3 nitrogen and oxygen atoms in total. The summed E-state index contributed by atoms with van der Waals surface area (Å²) in [4.78, 5) is 15.4. The number of hydrogen-bond acceptors (Lipinski definition) is 2. The highest BCUT2D eigenvalue weighted by molar-refractivity contribution is 7.12. The van der Waals surface area contributed by atoms with Crippen LogP contribution in [0.3, 0.4) is 0 Å². The number of aromatic nitrogens is 1. The third kappa shape index (κ3) is 1.52. The summed E-state index contributed by atoms with van der Waals surface area (Å²) >= 11 is 1.55. The molecule has 0 bridgehead atoms. The van der Waals surface area contributed by atoms with Gasteiger partial charge in [-0.2, -0.15) is 0 Å². The van der Waals surface area contributed by atoms with E-state index in [2.05, 4.69) is 0 Å². The van der Waals surface area contributed by atoms with Crippen molar-refractivity contribution in [3.8, 4) is 5.69 Å². The largest absolute Gasteiger partial charge is 0.337 e. The molecule has 92 valence electrons. The zero-order valence-corrected chi connectivity index (χ0v) is 10.8. The molecule has 0 spiro atoms. The molecule has 2 aliphatic rings. The van der Waals surface area contributed by atoms with Gasteiger partial charge in [-0.1, -0.05) is 0 Å². The van der Waals surface area contributed by atoms with E-state index >= 15 is 0 Å². The summed E-state index contributed by atoms with van der Waals surface area (Å²) in [5.74, 6) is 1.80. The number of amides is 1. The van der Waals surface area contributed by atoms with E-state index in [9.17, 15) is 4.79 Å². The Morgan fingerprint density at radius 2 is 1.94 bits per heavy atom. The summed E-state index contributed by atoms with van der Waals surface area (Å²) in [6.07, 6.45) is 5.30. The van der Waals surface area contributed by atoms with Crippen molar-refractivity contribution in [2.24, 2.45) is 11.8 Å². The Balaban J connectivity index is 1.64. The second-order valence-corrected chi connectivity index (χ2v) is 6.11. The van der Waals surface area contributed by atoms with Gasteiger partial charge in [0.05, 0.1) is 5.69 Å². The molecule has 0 unspecified atom stereocenters. The zero-order valence-electron chi connectivity index (χ0n) is 9.95. The molecule has 1 saturated heterocycles. The van der Waals surface area contributed by atoms with Crippen LogP contribution in [-0.4, -0.2) is 28.5 Å². The first kappa shape index (κ1) is 10.4. The molecule has 4 heteroatoms. The van der Waals surface area contributed by atoms with Crippen LogP contribution in [0.2, 0.25) is 0 Å². The van der Waals surface area contributed by atoms with E-state index in [4.69, 9.17) is 0 Å². The molecular formula is C14H14N2OS. The molecule has 1 aliphatic heterocycles. The SMILES string of the molecule is O=C(c1sccc1-n1cccc1)N1C[C@H]2C[C@H]2C1. The zero-order chi connectivity index (χ0) is 12.1. The molecule has 2 aromatic heterocycles. The molecule has 2 fully saturated rings. The first-order valence-corrected chi connectivity index (χ1v) is 7.21. The van der Waals surface area contributed by atoms with Crippen LogP contribution >= 0.6 is 11.3 Å². The van der Waals surface area contributed by atoms with Crippen LogP contribution in [0.5, 0.6) is 0 Å². The number of hydrogen-bond donors (Lipinski definition) is 0. The maximum Gasteiger partial charge on any atom is 0.266 e. The standard InChI is InChI=1S/C14H14N2OS/c17-14(16-8-10-7-11(10)9-16)13-12(3-6-18-13)15-4-1-2-5-15/h1-6,10-11H,7-9H2/t10-,11+. The summed E-state index contributed by atoms with van der Waals surface area (Å²) in [6.45, 7) is 1.93. The third-order valence-corrected chi connectivity index (χ3v) is 4.88. The summed E-state index contributed by atoms with van der Waals surface area (Å²) < 4.78 is 2.01. The Kier molecular flexibility index (Phi) is 2.14. The first-order valence-electron chi connectivity index (χ1n) is 6.33. The lowest BCUT2D eigenvalue weighted by atomic mass is 10.3. The molecule has 2 atom stereocenters. The minimum Gasteiger partial charge on any atom is -0.337 e. The van der Waals surface area contributed by atoms with E-state index in [1.165, 1.54) is 6.42 Å². The number of fused-ring (bicyclic) bond motifs is 1. The fourth-order valence-corrected chi connectivity index (χ4v) is 3.73. The smallest absolute Gasteiger partial charge is 0.266 e. The molecule has 1 amide bonds. The summed E-state index contributed by atoms with van der Waals surface area (Å²) in [7, 11) is 0. The average Bonchev–Trinajstić information content (AvgIpc) is 2.93. The molecule has 2 aromatic rings. The van der Waals surface area contributed by atoms with Crippen molar-refractivity contribution in [3.63, 3.8) is 0 Å². The lowest BCUT2D eigenvalue weighted by Gasteiger charge is -2.18. The van der Waals surface area contributed by atoms with Crippen molar-refractivity contribution in [2.75, 3.05) is 13.1 Å². The number of rotatable bonds is 2. The minimum atomic E-state index is 0.209. The van der Waals surface area contributed by atoms with E-state index in [0.29, 0.717) is 0 Å². The first-order chi connectivity index (χ1) is 8.83. The van der Waals surface area contributed by atoms with Gasteiger partial charge in [0.25, 0.3) is 5.91 Å². The quantitative estimate of drug-likeness (QED) is 0.813. The van der Waals surface area contributed by atoms with Crippen molar-refractivity contribution >= 4 is 17.2 Å². The van der Waals surface area contributed by atoms with Crippen LogP contribution in [0, 0.1) is 11.8 Å². The summed E-state index contributed by atoms with van der Waals surface area (Å²) in [5, 5.41) is 2.00. The Morgan fingerprint density at radius 3 is 2.67 bits per heavy atom. The Bertz CT molecular complexity index is 577. The van der Waals surface area contributed by atoms with Crippen molar-refractivity contribution in [1.82, 2.24) is 9.47 Å². The van der Waals surface area contributed by atoms with E-state index in [1.54, 1.807) is 11.3 Å². The van der Waals surface area contributed by atoms with Gasteiger partial charge in [0.15, 0.2) is 0 Å². The fourth-order valence-electron chi connectivity index (χ4n) is 2.87. The van der Waals surface area contributed by atoms with E-state index in [-0.39, 0.29) is 5.91 Å². The van der Waals surface area contributed by atoms with Gasteiger partial charge >= 0.3 is 0 Å². The van der Waals surface area contributed by atoms with Crippen molar-refractivity contribution in [1.29, 1.82) is 0 Å². The number of thiophene rings is 1. The highest BCUT2D eigenvalue weighted by Crippen LogP contribution is 2.45. The summed E-state index contributed by atoms with van der Waals surface area (Å²) in [5.41, 5.74) is 1.01. The number of nitrogens with zero attached hydrogens (tertiary/aromatic N) is 2. The van der Waals surface area contributed by atoms with Gasteiger partial charge in [-0.15, -0.1) is 11.3 Å². The Hall–Kier alpha value is -1.55. The van der Waals surface area contributed by atoms with Crippen LogP contribution in [0.25, 0.3) is 5.69 Å².